The number of halogens is 1. The maximum Gasteiger partial charge on any atom is 0.0406 e. The minimum Gasteiger partial charge on any atom is -0.0843 e. The lowest BCUT2D eigenvalue weighted by atomic mass is 9.78. The highest BCUT2D eigenvalue weighted by molar-refractivity contribution is 6.30. The largest absolute Gasteiger partial charge is 0.0843 e. The summed E-state index contributed by atoms with van der Waals surface area (Å²) >= 11 is 5.89. The van der Waals surface area contributed by atoms with Crippen LogP contribution in [-0.2, 0) is 6.42 Å². The molecule has 2 rings (SSSR count). The van der Waals surface area contributed by atoms with Gasteiger partial charge in [0.05, 0.1) is 0 Å². The van der Waals surface area contributed by atoms with E-state index >= 15 is 0 Å². The fourth-order valence-corrected chi connectivity index (χ4v) is 3.08. The van der Waals surface area contributed by atoms with Gasteiger partial charge in [-0.1, -0.05) is 62.8 Å². The van der Waals surface area contributed by atoms with Crippen molar-refractivity contribution in [3.8, 4) is 0 Å². The van der Waals surface area contributed by atoms with Gasteiger partial charge in [0.1, 0.15) is 0 Å². The van der Waals surface area contributed by atoms with E-state index in [2.05, 4.69) is 19.1 Å². The summed E-state index contributed by atoms with van der Waals surface area (Å²) in [5.41, 5.74) is 1.44. The van der Waals surface area contributed by atoms with Gasteiger partial charge in [0.15, 0.2) is 0 Å². The van der Waals surface area contributed by atoms with E-state index < -0.39 is 0 Å². The molecule has 0 aliphatic heterocycles. The van der Waals surface area contributed by atoms with Crippen LogP contribution in [0.25, 0.3) is 0 Å². The molecule has 1 saturated carbocycles. The zero-order valence-corrected chi connectivity index (χ0v) is 11.5. The molecule has 0 amide bonds. The lowest BCUT2D eigenvalue weighted by Crippen LogP contribution is -2.14. The molecule has 1 fully saturated rings. The maximum absolute atomic E-state index is 5.89. The van der Waals surface area contributed by atoms with Gasteiger partial charge in [0.25, 0.3) is 0 Å². The lowest BCUT2D eigenvalue weighted by molar-refractivity contribution is 0.259. The van der Waals surface area contributed by atoms with E-state index in [0.717, 1.165) is 16.9 Å². The van der Waals surface area contributed by atoms with Gasteiger partial charge in [-0.05, 0) is 42.4 Å². The highest BCUT2D eigenvalue weighted by atomic mass is 35.5. The van der Waals surface area contributed by atoms with Crippen molar-refractivity contribution in [2.24, 2.45) is 11.8 Å². The van der Waals surface area contributed by atoms with Crippen LogP contribution in [0.4, 0.5) is 0 Å². The summed E-state index contributed by atoms with van der Waals surface area (Å²) < 4.78 is 0. The van der Waals surface area contributed by atoms with Crippen molar-refractivity contribution in [3.63, 3.8) is 0 Å². The number of hydrogen-bond donors (Lipinski definition) is 0. The Labute approximate surface area is 110 Å². The van der Waals surface area contributed by atoms with Gasteiger partial charge in [-0.3, -0.25) is 0 Å². The molecular formula is C16H23Cl. The monoisotopic (exact) mass is 250 g/mol. The predicted octanol–water partition coefficient (Wildman–Crippen LogP) is 5.49. The molecule has 0 saturated heterocycles. The average molecular weight is 251 g/mol. The molecule has 0 radical (unpaired) electrons. The Kier molecular flexibility index (Phi) is 4.91. The summed E-state index contributed by atoms with van der Waals surface area (Å²) in [7, 11) is 0. The molecule has 1 aliphatic rings. The normalized spacial score (nSPS) is 24.8. The summed E-state index contributed by atoms with van der Waals surface area (Å²) in [5, 5.41) is 0.845. The summed E-state index contributed by atoms with van der Waals surface area (Å²) in [6.07, 6.45) is 9.78. The molecule has 1 heteroatoms. The summed E-state index contributed by atoms with van der Waals surface area (Å²) in [5.74, 6) is 1.98. The van der Waals surface area contributed by atoms with Crippen molar-refractivity contribution in [1.82, 2.24) is 0 Å². The average Bonchev–Trinajstić information content (AvgIpc) is 2.39. The van der Waals surface area contributed by atoms with Gasteiger partial charge in [-0.25, -0.2) is 0 Å². The third kappa shape index (κ3) is 4.03. The van der Waals surface area contributed by atoms with Crippen LogP contribution in [0.15, 0.2) is 24.3 Å². The molecule has 0 N–H and O–H groups in total. The molecule has 0 aromatic heterocycles. The first-order valence-electron chi connectivity index (χ1n) is 7.02. The van der Waals surface area contributed by atoms with Crippen molar-refractivity contribution < 1.29 is 0 Å². The first-order chi connectivity index (χ1) is 8.28. The van der Waals surface area contributed by atoms with E-state index in [4.69, 9.17) is 11.6 Å². The van der Waals surface area contributed by atoms with Crippen molar-refractivity contribution >= 4 is 11.6 Å². The molecule has 0 atom stereocenters. The van der Waals surface area contributed by atoms with Gasteiger partial charge in [0, 0.05) is 5.02 Å². The van der Waals surface area contributed by atoms with Crippen LogP contribution in [0.3, 0.4) is 0 Å². The second-order valence-electron chi connectivity index (χ2n) is 5.46. The van der Waals surface area contributed by atoms with E-state index in [1.807, 2.05) is 12.1 Å². The van der Waals surface area contributed by atoms with Crippen LogP contribution in [-0.4, -0.2) is 0 Å². The number of benzene rings is 1. The smallest absolute Gasteiger partial charge is 0.0406 e. The lowest BCUT2D eigenvalue weighted by Gasteiger charge is -2.27. The van der Waals surface area contributed by atoms with E-state index in [1.54, 1.807) is 0 Å². The SMILES string of the molecule is CC[C@H]1CC[C@H](CCc2ccc(Cl)cc2)CC1. The van der Waals surface area contributed by atoms with E-state index in [-0.39, 0.29) is 0 Å². The molecule has 0 heterocycles. The molecule has 0 spiro atoms. The summed E-state index contributed by atoms with van der Waals surface area (Å²) in [6, 6.07) is 8.34. The Hall–Kier alpha value is -0.490. The first kappa shape index (κ1) is 13.0. The van der Waals surface area contributed by atoms with Crippen LogP contribution < -0.4 is 0 Å². The van der Waals surface area contributed by atoms with Crippen molar-refractivity contribution in [1.29, 1.82) is 0 Å². The Morgan fingerprint density at radius 3 is 2.18 bits per heavy atom. The molecule has 1 aromatic carbocycles. The van der Waals surface area contributed by atoms with Crippen molar-refractivity contribution in [3.05, 3.63) is 34.9 Å². The van der Waals surface area contributed by atoms with E-state index in [1.165, 1.54) is 50.5 Å². The molecule has 0 bridgehead atoms. The van der Waals surface area contributed by atoms with Gasteiger partial charge in [-0.2, -0.15) is 0 Å². The quantitative estimate of drug-likeness (QED) is 0.663. The number of aryl methyl sites for hydroxylation is 1. The molecule has 0 nitrogen and oxygen atoms in total. The standard InChI is InChI=1S/C16H23Cl/c1-2-13-3-5-14(6-4-13)7-8-15-9-11-16(17)12-10-15/h9-14H,2-8H2,1H3/t13-,14-. The van der Waals surface area contributed by atoms with Crippen LogP contribution in [0.1, 0.15) is 51.0 Å². The minimum atomic E-state index is 0.845. The molecular weight excluding hydrogens is 228 g/mol. The minimum absolute atomic E-state index is 0.845. The van der Waals surface area contributed by atoms with E-state index in [9.17, 15) is 0 Å². The molecule has 94 valence electrons. The van der Waals surface area contributed by atoms with Crippen LogP contribution in [0.2, 0.25) is 5.02 Å². The molecule has 1 aromatic rings. The van der Waals surface area contributed by atoms with Crippen LogP contribution in [0, 0.1) is 11.8 Å². The molecule has 0 unspecified atom stereocenters. The highest BCUT2D eigenvalue weighted by Gasteiger charge is 2.19. The van der Waals surface area contributed by atoms with Crippen molar-refractivity contribution in [2.75, 3.05) is 0 Å². The maximum atomic E-state index is 5.89. The summed E-state index contributed by atoms with van der Waals surface area (Å²) in [6.45, 7) is 2.33. The summed E-state index contributed by atoms with van der Waals surface area (Å²) in [4.78, 5) is 0. The fraction of sp³-hybridized carbons (Fsp3) is 0.625. The Morgan fingerprint density at radius 2 is 1.59 bits per heavy atom. The third-order valence-corrected chi connectivity index (χ3v) is 4.55. The Balaban J connectivity index is 1.74. The predicted molar refractivity (Wildman–Crippen MR) is 75.5 cm³/mol. The Bertz CT molecular complexity index is 320. The van der Waals surface area contributed by atoms with Gasteiger partial charge < -0.3 is 0 Å². The first-order valence-corrected chi connectivity index (χ1v) is 7.40. The topological polar surface area (TPSA) is 0 Å². The number of hydrogen-bond acceptors (Lipinski definition) is 0. The van der Waals surface area contributed by atoms with E-state index in [0.29, 0.717) is 0 Å². The third-order valence-electron chi connectivity index (χ3n) is 4.30. The van der Waals surface area contributed by atoms with Gasteiger partial charge in [0.2, 0.25) is 0 Å². The number of rotatable bonds is 4. The second kappa shape index (κ2) is 6.44. The van der Waals surface area contributed by atoms with Crippen LogP contribution in [0.5, 0.6) is 0 Å². The zero-order chi connectivity index (χ0) is 12.1. The zero-order valence-electron chi connectivity index (χ0n) is 10.8. The fourth-order valence-electron chi connectivity index (χ4n) is 2.95. The van der Waals surface area contributed by atoms with Crippen LogP contribution >= 0.6 is 11.6 Å². The van der Waals surface area contributed by atoms with Gasteiger partial charge in [-0.15, -0.1) is 0 Å². The van der Waals surface area contributed by atoms with Crippen molar-refractivity contribution in [2.45, 2.75) is 51.9 Å². The highest BCUT2D eigenvalue weighted by Crippen LogP contribution is 2.33. The molecule has 17 heavy (non-hydrogen) atoms. The second-order valence-corrected chi connectivity index (χ2v) is 5.90. The van der Waals surface area contributed by atoms with Gasteiger partial charge >= 0.3 is 0 Å². The molecule has 1 aliphatic carbocycles. The Morgan fingerprint density at radius 1 is 1.00 bits per heavy atom.